The highest BCUT2D eigenvalue weighted by Gasteiger charge is 2.35. The van der Waals surface area contributed by atoms with E-state index in [-0.39, 0.29) is 35.2 Å². The molecule has 2 atom stereocenters. The van der Waals surface area contributed by atoms with Gasteiger partial charge in [0.1, 0.15) is 5.56 Å². The van der Waals surface area contributed by atoms with Crippen LogP contribution in [0.25, 0.3) is 0 Å². The Kier molecular flexibility index (Phi) is 7.63. The van der Waals surface area contributed by atoms with Gasteiger partial charge in [-0.2, -0.15) is 10.4 Å². The first-order valence-electron chi connectivity index (χ1n) is 11.8. The summed E-state index contributed by atoms with van der Waals surface area (Å²) in [6, 6.07) is 7.32. The number of amides is 1. The van der Waals surface area contributed by atoms with E-state index < -0.39 is 19.0 Å². The minimum Gasteiger partial charge on any atom is -0.469 e. The maximum Gasteiger partial charge on any atom is 0.494 e. The first-order valence-corrected chi connectivity index (χ1v) is 11.8. The van der Waals surface area contributed by atoms with Crippen LogP contribution >= 0.6 is 0 Å². The number of carbonyl (C=O) groups is 2. The molecule has 2 aliphatic rings. The van der Waals surface area contributed by atoms with Crippen LogP contribution in [0.2, 0.25) is 0 Å². The molecule has 1 aromatic carbocycles. The minimum atomic E-state index is -0.660. The average Bonchev–Trinajstić information content (AvgIpc) is 3.28. The highest BCUT2D eigenvalue weighted by molar-refractivity contribution is 6.62. The van der Waals surface area contributed by atoms with E-state index >= 15 is 0 Å². The van der Waals surface area contributed by atoms with Crippen molar-refractivity contribution < 1.29 is 28.4 Å². The molecule has 0 spiro atoms. The minimum absolute atomic E-state index is 0.00828. The lowest BCUT2D eigenvalue weighted by Crippen LogP contribution is -2.48. The van der Waals surface area contributed by atoms with Crippen molar-refractivity contribution in [3.8, 4) is 6.07 Å². The summed E-state index contributed by atoms with van der Waals surface area (Å²) in [5.41, 5.74) is 7.65. The summed E-state index contributed by atoms with van der Waals surface area (Å²) < 4.78 is 23.8. The van der Waals surface area contributed by atoms with Crippen molar-refractivity contribution in [3.05, 3.63) is 35.5 Å². The summed E-state index contributed by atoms with van der Waals surface area (Å²) in [5, 5.41) is 17.2. The van der Waals surface area contributed by atoms with Gasteiger partial charge < -0.3 is 29.8 Å². The third kappa shape index (κ3) is 5.70. The third-order valence-corrected chi connectivity index (χ3v) is 6.30. The van der Waals surface area contributed by atoms with Crippen molar-refractivity contribution in [2.24, 2.45) is 17.1 Å². The van der Waals surface area contributed by atoms with Crippen molar-refractivity contribution in [2.75, 3.05) is 38.9 Å². The molecule has 0 unspecified atom stereocenters. The summed E-state index contributed by atoms with van der Waals surface area (Å²) in [4.78, 5) is 24.3. The zero-order chi connectivity index (χ0) is 25.9. The number of carbonyl (C=O) groups excluding carboxylic acids is 2. The second kappa shape index (κ2) is 10.7. The topological polar surface area (TPSA) is 151 Å². The van der Waals surface area contributed by atoms with E-state index in [0.29, 0.717) is 44.1 Å². The lowest BCUT2D eigenvalue weighted by molar-refractivity contribution is -0.139. The molecule has 36 heavy (non-hydrogen) atoms. The number of hydrogen-bond donors (Lipinski definition) is 2. The molecule has 0 aliphatic carbocycles. The van der Waals surface area contributed by atoms with Gasteiger partial charge in [-0.15, -0.1) is 0 Å². The number of nitrogens with zero attached hydrogens (tertiary/aromatic N) is 3. The summed E-state index contributed by atoms with van der Waals surface area (Å²) in [5.74, 6) is -1.12. The van der Waals surface area contributed by atoms with Crippen LogP contribution in [0.4, 0.5) is 11.5 Å². The Morgan fingerprint density at radius 1 is 1.36 bits per heavy atom. The second-order valence-corrected chi connectivity index (χ2v) is 9.81. The van der Waals surface area contributed by atoms with Crippen LogP contribution in [-0.2, 0) is 30.0 Å². The van der Waals surface area contributed by atoms with Crippen LogP contribution in [0.15, 0.2) is 24.4 Å². The summed E-state index contributed by atoms with van der Waals surface area (Å²) in [6.45, 7) is 5.96. The van der Waals surface area contributed by atoms with Crippen LogP contribution in [0.5, 0.6) is 0 Å². The van der Waals surface area contributed by atoms with Gasteiger partial charge in [0, 0.05) is 37.1 Å². The number of hydrogen-bond acceptors (Lipinski definition) is 9. The molecular formula is C24H30BN5O6. The summed E-state index contributed by atoms with van der Waals surface area (Å²) in [7, 11) is 0.719. The molecule has 0 bridgehead atoms. The zero-order valence-corrected chi connectivity index (χ0v) is 20.7. The molecule has 2 aromatic rings. The molecule has 4 rings (SSSR count). The van der Waals surface area contributed by atoms with Crippen LogP contribution in [0.3, 0.4) is 0 Å². The van der Waals surface area contributed by atoms with E-state index in [4.69, 9.17) is 24.5 Å². The molecule has 190 valence electrons. The number of nitrogens with two attached hydrogens (primary N) is 1. The second-order valence-electron chi connectivity index (χ2n) is 9.81. The molecule has 12 heteroatoms. The van der Waals surface area contributed by atoms with Gasteiger partial charge in [-0.3, -0.25) is 14.3 Å². The normalized spacial score (nSPS) is 21.4. The molecule has 1 aromatic heterocycles. The highest BCUT2D eigenvalue weighted by atomic mass is 16.6. The molecule has 2 fully saturated rings. The van der Waals surface area contributed by atoms with E-state index in [9.17, 15) is 14.9 Å². The third-order valence-electron chi connectivity index (χ3n) is 6.30. The number of esters is 1. The van der Waals surface area contributed by atoms with E-state index in [1.165, 1.54) is 13.3 Å². The molecule has 11 nitrogen and oxygen atoms in total. The number of anilines is 2. The fourth-order valence-electron chi connectivity index (χ4n) is 4.27. The molecule has 2 aliphatic heterocycles. The number of nitrogens with one attached hydrogen (secondary N) is 1. The van der Waals surface area contributed by atoms with Gasteiger partial charge in [-0.1, -0.05) is 19.9 Å². The number of benzene rings is 1. The van der Waals surface area contributed by atoms with Gasteiger partial charge in [-0.05, 0) is 29.6 Å². The van der Waals surface area contributed by atoms with Crippen molar-refractivity contribution in [2.45, 2.75) is 32.7 Å². The van der Waals surface area contributed by atoms with Crippen LogP contribution < -0.4 is 16.5 Å². The number of nitriles is 1. The number of methoxy groups -OCH3 is 1. The Morgan fingerprint density at radius 2 is 2.11 bits per heavy atom. The van der Waals surface area contributed by atoms with Gasteiger partial charge in [0.05, 0.1) is 38.2 Å². The maximum absolute atomic E-state index is 12.2. The number of ether oxygens (including phenoxy) is 2. The molecule has 0 radical (unpaired) electrons. The van der Waals surface area contributed by atoms with Crippen LogP contribution in [0.1, 0.15) is 42.2 Å². The van der Waals surface area contributed by atoms with Crippen molar-refractivity contribution in [3.63, 3.8) is 0 Å². The van der Waals surface area contributed by atoms with E-state index in [0.717, 1.165) is 5.46 Å². The van der Waals surface area contributed by atoms with E-state index in [1.807, 2.05) is 6.07 Å². The van der Waals surface area contributed by atoms with Gasteiger partial charge in [0.2, 0.25) is 0 Å². The molecule has 3 heterocycles. The largest absolute Gasteiger partial charge is 0.494 e. The first-order chi connectivity index (χ1) is 17.2. The smallest absolute Gasteiger partial charge is 0.469 e. The quantitative estimate of drug-likeness (QED) is 0.428. The molecule has 3 N–H and O–H groups in total. The van der Waals surface area contributed by atoms with Gasteiger partial charge in [-0.25, -0.2) is 0 Å². The monoisotopic (exact) mass is 495 g/mol. The summed E-state index contributed by atoms with van der Waals surface area (Å²) >= 11 is 0. The molecular weight excluding hydrogens is 465 g/mol. The Balaban J connectivity index is 1.63. The average molecular weight is 495 g/mol. The predicted octanol–water partition coefficient (Wildman–Crippen LogP) is 1.31. The summed E-state index contributed by atoms with van der Waals surface area (Å²) in [6.07, 6.45) is 2.12. The SMILES string of the molecule is COC(=O)Cc1cc(Nc2nn([C@@H]3COCC[C@H]3C#N)cc2C(N)=O)ccc1B1OCC(C)(C)CO1. The highest BCUT2D eigenvalue weighted by Crippen LogP contribution is 2.29. The van der Waals surface area contributed by atoms with Gasteiger partial charge in [0.15, 0.2) is 5.82 Å². The van der Waals surface area contributed by atoms with E-state index in [1.54, 1.807) is 16.8 Å². The maximum atomic E-state index is 12.2. The predicted molar refractivity (Wildman–Crippen MR) is 131 cm³/mol. The Bertz CT molecular complexity index is 1170. The number of aromatic nitrogens is 2. The Morgan fingerprint density at radius 3 is 2.78 bits per heavy atom. The lowest BCUT2D eigenvalue weighted by Gasteiger charge is -2.33. The van der Waals surface area contributed by atoms with Gasteiger partial charge in [0.25, 0.3) is 5.91 Å². The van der Waals surface area contributed by atoms with E-state index in [2.05, 4.69) is 30.3 Å². The molecule has 0 saturated carbocycles. The number of primary amides is 1. The fraction of sp³-hybridized carbons (Fsp3) is 0.500. The molecule has 2 saturated heterocycles. The number of rotatable bonds is 7. The lowest BCUT2D eigenvalue weighted by atomic mass is 9.72. The standard InChI is InChI=1S/C24H30BN5O6/c1-24(2)13-35-25(36-14-24)19-5-4-17(8-16(19)9-21(31)33-3)28-23-18(22(27)32)11-30(29-23)20-12-34-7-6-15(20)10-26/h4-5,8,11,15,20H,6-7,9,12-14H2,1-3H3,(H2,27,32)(H,28,29)/t15-,20+/m0/s1. The van der Waals surface area contributed by atoms with Crippen molar-refractivity contribution in [1.82, 2.24) is 9.78 Å². The van der Waals surface area contributed by atoms with Crippen molar-refractivity contribution in [1.29, 1.82) is 5.26 Å². The fourth-order valence-corrected chi connectivity index (χ4v) is 4.27. The first kappa shape index (κ1) is 25.7. The Hall–Kier alpha value is -3.40. The molecule has 1 amide bonds. The van der Waals surface area contributed by atoms with Gasteiger partial charge >= 0.3 is 13.1 Å². The van der Waals surface area contributed by atoms with Crippen LogP contribution in [0, 0.1) is 22.7 Å². The Labute approximate surface area is 210 Å². The van der Waals surface area contributed by atoms with Crippen molar-refractivity contribution >= 4 is 36.0 Å². The zero-order valence-electron chi connectivity index (χ0n) is 20.7. The van der Waals surface area contributed by atoms with Crippen LogP contribution in [-0.4, -0.2) is 62.3 Å².